The summed E-state index contributed by atoms with van der Waals surface area (Å²) in [5.74, 6) is -0.423. The Morgan fingerprint density at radius 3 is 2.42 bits per heavy atom. The van der Waals surface area contributed by atoms with E-state index in [1.807, 2.05) is 17.5 Å². The van der Waals surface area contributed by atoms with Gasteiger partial charge in [0.05, 0.1) is 17.2 Å². The van der Waals surface area contributed by atoms with E-state index in [4.69, 9.17) is 0 Å². The fourth-order valence-corrected chi connectivity index (χ4v) is 4.33. The molecule has 0 aliphatic carbocycles. The van der Waals surface area contributed by atoms with Gasteiger partial charge in [-0.1, -0.05) is 31.2 Å². The third-order valence-electron chi connectivity index (χ3n) is 5.41. The van der Waals surface area contributed by atoms with Crippen molar-refractivity contribution in [3.05, 3.63) is 80.8 Å². The maximum atomic E-state index is 13.1. The molecule has 1 N–H and O–H groups in total. The number of hydrogen-bond acceptors (Lipinski definition) is 6. The number of nitro groups is 1. The number of nitrogens with zero attached hydrogens (tertiary/aromatic N) is 3. The Bertz CT molecular complexity index is 1160. The summed E-state index contributed by atoms with van der Waals surface area (Å²) < 4.78 is 0. The van der Waals surface area contributed by atoms with E-state index in [0.29, 0.717) is 11.3 Å². The van der Waals surface area contributed by atoms with Gasteiger partial charge < -0.3 is 5.32 Å². The molecule has 8 nitrogen and oxygen atoms in total. The molecule has 1 atom stereocenters. The number of aromatic nitrogens is 1. The lowest BCUT2D eigenvalue weighted by Gasteiger charge is -2.21. The van der Waals surface area contributed by atoms with Gasteiger partial charge in [0.25, 0.3) is 11.6 Å². The number of aryl methyl sites for hydroxylation is 1. The predicted octanol–water partition coefficient (Wildman–Crippen LogP) is 4.25. The molecule has 4 rings (SSSR count). The van der Waals surface area contributed by atoms with Crippen LogP contribution in [-0.2, 0) is 23.3 Å². The molecule has 1 saturated heterocycles. The first-order valence-electron chi connectivity index (χ1n) is 9.74. The van der Waals surface area contributed by atoms with Crippen LogP contribution in [0.25, 0.3) is 10.6 Å². The maximum Gasteiger partial charge on any atom is 0.325 e. The van der Waals surface area contributed by atoms with Crippen molar-refractivity contribution < 1.29 is 14.5 Å². The van der Waals surface area contributed by atoms with Crippen molar-refractivity contribution in [2.75, 3.05) is 0 Å². The summed E-state index contributed by atoms with van der Waals surface area (Å²) in [6.07, 6.45) is 0.961. The Labute approximate surface area is 182 Å². The third-order valence-corrected chi connectivity index (χ3v) is 6.35. The quantitative estimate of drug-likeness (QED) is 0.353. The van der Waals surface area contributed by atoms with Crippen LogP contribution in [0.15, 0.2) is 53.9 Å². The fraction of sp³-hybridized carbons (Fsp3) is 0.227. The van der Waals surface area contributed by atoms with E-state index in [0.717, 1.165) is 21.9 Å². The smallest absolute Gasteiger partial charge is 0.319 e. The summed E-state index contributed by atoms with van der Waals surface area (Å²) in [6.45, 7) is 3.74. The summed E-state index contributed by atoms with van der Waals surface area (Å²) in [7, 11) is 0. The first kappa shape index (κ1) is 20.7. The second-order valence-electron chi connectivity index (χ2n) is 7.44. The molecule has 3 amide bonds. The molecule has 0 bridgehead atoms. The van der Waals surface area contributed by atoms with Crippen LogP contribution in [-0.4, -0.2) is 26.7 Å². The Hall–Kier alpha value is -3.59. The summed E-state index contributed by atoms with van der Waals surface area (Å²) >= 11 is 1.46. The lowest BCUT2D eigenvalue weighted by Crippen LogP contribution is -2.40. The molecule has 9 heteroatoms. The molecule has 1 unspecified atom stereocenters. The summed E-state index contributed by atoms with van der Waals surface area (Å²) in [5.41, 5.74) is 1.96. The Morgan fingerprint density at radius 2 is 1.81 bits per heavy atom. The van der Waals surface area contributed by atoms with Gasteiger partial charge in [0.15, 0.2) is 0 Å². The van der Waals surface area contributed by atoms with Gasteiger partial charge >= 0.3 is 6.03 Å². The lowest BCUT2D eigenvalue weighted by atomic mass is 9.92. The Kier molecular flexibility index (Phi) is 5.28. The topological polar surface area (TPSA) is 105 Å². The molecule has 0 spiro atoms. The van der Waals surface area contributed by atoms with E-state index < -0.39 is 22.4 Å². The molecular weight excluding hydrogens is 416 g/mol. The van der Waals surface area contributed by atoms with Gasteiger partial charge in [-0.05, 0) is 36.6 Å². The average Bonchev–Trinajstić information content (AvgIpc) is 3.33. The standard InChI is InChI=1S/C22H20N4O4S/c1-3-14-4-6-15(7-5-14)19-23-17(13-31-19)12-25-20(27)22(2,24-21(25)28)16-8-10-18(11-9-16)26(29)30/h4-11,13H,3,12H2,1-2H3,(H,24,28). The number of non-ortho nitro benzene ring substituents is 1. The average molecular weight is 436 g/mol. The summed E-state index contributed by atoms with van der Waals surface area (Å²) in [4.78, 5) is 41.7. The van der Waals surface area contributed by atoms with Gasteiger partial charge in [-0.2, -0.15) is 0 Å². The lowest BCUT2D eigenvalue weighted by molar-refractivity contribution is -0.384. The molecule has 2 heterocycles. The normalized spacial score (nSPS) is 18.3. The van der Waals surface area contributed by atoms with Crippen LogP contribution in [0.5, 0.6) is 0 Å². The highest BCUT2D eigenvalue weighted by Gasteiger charge is 2.49. The highest BCUT2D eigenvalue weighted by Crippen LogP contribution is 2.32. The number of nitro benzene ring substituents is 1. The van der Waals surface area contributed by atoms with Crippen LogP contribution in [0.1, 0.15) is 30.7 Å². The monoisotopic (exact) mass is 436 g/mol. The van der Waals surface area contributed by atoms with Crippen molar-refractivity contribution in [1.29, 1.82) is 0 Å². The molecule has 1 aromatic heterocycles. The van der Waals surface area contributed by atoms with E-state index in [9.17, 15) is 19.7 Å². The molecule has 3 aromatic rings. The van der Waals surface area contributed by atoms with Crippen molar-refractivity contribution in [2.24, 2.45) is 0 Å². The SMILES string of the molecule is CCc1ccc(-c2nc(CN3C(=O)NC(C)(c4ccc([N+](=O)[O-])cc4)C3=O)cs2)cc1. The van der Waals surface area contributed by atoms with Gasteiger partial charge in [-0.15, -0.1) is 11.3 Å². The van der Waals surface area contributed by atoms with Crippen LogP contribution < -0.4 is 5.32 Å². The van der Waals surface area contributed by atoms with Gasteiger partial charge in [0, 0.05) is 23.1 Å². The van der Waals surface area contributed by atoms with Crippen LogP contribution >= 0.6 is 11.3 Å². The maximum absolute atomic E-state index is 13.1. The van der Waals surface area contributed by atoms with Gasteiger partial charge in [-0.25, -0.2) is 9.78 Å². The van der Waals surface area contributed by atoms with Crippen LogP contribution in [0, 0.1) is 10.1 Å². The second kappa shape index (κ2) is 7.92. The first-order valence-corrected chi connectivity index (χ1v) is 10.6. The van der Waals surface area contributed by atoms with Crippen molar-refractivity contribution >= 4 is 29.0 Å². The third kappa shape index (κ3) is 3.79. The van der Waals surface area contributed by atoms with Gasteiger partial charge in [-0.3, -0.25) is 19.8 Å². The molecule has 31 heavy (non-hydrogen) atoms. The van der Waals surface area contributed by atoms with Crippen molar-refractivity contribution in [2.45, 2.75) is 32.4 Å². The van der Waals surface area contributed by atoms with Crippen molar-refractivity contribution in [3.63, 3.8) is 0 Å². The number of carbonyl (C=O) groups is 2. The van der Waals surface area contributed by atoms with E-state index in [-0.39, 0.29) is 12.2 Å². The van der Waals surface area contributed by atoms with Crippen LogP contribution in [0.2, 0.25) is 0 Å². The zero-order valence-corrected chi connectivity index (χ0v) is 17.8. The minimum absolute atomic E-state index is 0.0524. The number of thiazole rings is 1. The van der Waals surface area contributed by atoms with Crippen LogP contribution in [0.3, 0.4) is 0 Å². The predicted molar refractivity (Wildman–Crippen MR) is 116 cm³/mol. The number of carbonyl (C=O) groups excluding carboxylic acids is 2. The molecule has 0 radical (unpaired) electrons. The van der Waals surface area contributed by atoms with E-state index in [1.54, 1.807) is 6.92 Å². The Balaban J connectivity index is 1.53. The molecular formula is C22H20N4O4S. The van der Waals surface area contributed by atoms with Crippen LogP contribution in [0.4, 0.5) is 10.5 Å². The number of imide groups is 1. The van der Waals surface area contributed by atoms with Crippen molar-refractivity contribution in [1.82, 2.24) is 15.2 Å². The zero-order chi connectivity index (χ0) is 22.2. The second-order valence-corrected chi connectivity index (χ2v) is 8.30. The molecule has 1 aliphatic heterocycles. The number of amides is 3. The highest BCUT2D eigenvalue weighted by molar-refractivity contribution is 7.13. The largest absolute Gasteiger partial charge is 0.325 e. The minimum Gasteiger partial charge on any atom is -0.319 e. The number of nitrogens with one attached hydrogen (secondary N) is 1. The molecule has 1 fully saturated rings. The fourth-order valence-electron chi connectivity index (χ4n) is 3.51. The Morgan fingerprint density at radius 1 is 1.13 bits per heavy atom. The van der Waals surface area contributed by atoms with Gasteiger partial charge in [0.2, 0.25) is 0 Å². The van der Waals surface area contributed by atoms with E-state index in [2.05, 4.69) is 29.4 Å². The number of benzene rings is 2. The van der Waals surface area contributed by atoms with E-state index in [1.165, 1.54) is 41.2 Å². The first-order chi connectivity index (χ1) is 14.8. The molecule has 158 valence electrons. The minimum atomic E-state index is -1.29. The molecule has 0 saturated carbocycles. The molecule has 2 aromatic carbocycles. The summed E-state index contributed by atoms with van der Waals surface area (Å²) in [5, 5.41) is 16.2. The number of urea groups is 1. The highest BCUT2D eigenvalue weighted by atomic mass is 32.1. The molecule has 1 aliphatic rings. The van der Waals surface area contributed by atoms with Crippen molar-refractivity contribution in [3.8, 4) is 10.6 Å². The van der Waals surface area contributed by atoms with E-state index >= 15 is 0 Å². The summed E-state index contributed by atoms with van der Waals surface area (Å²) in [6, 6.07) is 13.2. The number of hydrogen-bond donors (Lipinski definition) is 1. The number of rotatable bonds is 6. The zero-order valence-electron chi connectivity index (χ0n) is 17.0. The van der Waals surface area contributed by atoms with Gasteiger partial charge in [0.1, 0.15) is 10.5 Å².